The molecule has 4 nitrogen and oxygen atoms in total. The van der Waals surface area contributed by atoms with E-state index in [1.807, 2.05) is 18.2 Å². The fourth-order valence-corrected chi connectivity index (χ4v) is 2.49. The molecule has 2 N–H and O–H groups in total. The van der Waals surface area contributed by atoms with Gasteiger partial charge >= 0.3 is 0 Å². The van der Waals surface area contributed by atoms with Crippen LogP contribution in [0.15, 0.2) is 42.5 Å². The van der Waals surface area contributed by atoms with Crippen molar-refractivity contribution >= 4 is 11.0 Å². The van der Waals surface area contributed by atoms with Crippen molar-refractivity contribution in [2.24, 2.45) is 5.73 Å². The van der Waals surface area contributed by atoms with Crippen LogP contribution >= 0.6 is 0 Å². The number of hydrogen-bond acceptors (Lipinski definition) is 3. The Morgan fingerprint density at radius 2 is 1.90 bits per heavy atom. The fraction of sp³-hybridized carbons (Fsp3) is 0.235. The van der Waals surface area contributed by atoms with Gasteiger partial charge < -0.3 is 15.0 Å². The number of aromatic nitrogens is 2. The van der Waals surface area contributed by atoms with E-state index in [-0.39, 0.29) is 0 Å². The predicted molar refractivity (Wildman–Crippen MR) is 84.5 cm³/mol. The van der Waals surface area contributed by atoms with E-state index in [0.29, 0.717) is 6.54 Å². The number of imidazole rings is 1. The number of fused-ring (bicyclic) bond motifs is 1. The van der Waals surface area contributed by atoms with Crippen molar-refractivity contribution in [1.82, 2.24) is 9.55 Å². The quantitative estimate of drug-likeness (QED) is 0.800. The maximum atomic E-state index is 5.85. The summed E-state index contributed by atoms with van der Waals surface area (Å²) in [4.78, 5) is 4.61. The zero-order valence-corrected chi connectivity index (χ0v) is 12.3. The third-order valence-electron chi connectivity index (χ3n) is 3.68. The lowest BCUT2D eigenvalue weighted by Crippen LogP contribution is -2.09. The third kappa shape index (κ3) is 2.62. The largest absolute Gasteiger partial charge is 0.497 e. The van der Waals surface area contributed by atoms with Crippen LogP contribution in [0.1, 0.15) is 17.0 Å². The van der Waals surface area contributed by atoms with Gasteiger partial charge in [-0.15, -0.1) is 0 Å². The van der Waals surface area contributed by atoms with Crippen molar-refractivity contribution < 1.29 is 4.74 Å². The Hall–Kier alpha value is -2.33. The molecule has 0 aliphatic carbocycles. The molecule has 1 heterocycles. The van der Waals surface area contributed by atoms with E-state index in [9.17, 15) is 0 Å². The van der Waals surface area contributed by atoms with E-state index in [4.69, 9.17) is 10.5 Å². The second-order valence-electron chi connectivity index (χ2n) is 5.16. The van der Waals surface area contributed by atoms with Crippen LogP contribution in [0.25, 0.3) is 11.0 Å². The van der Waals surface area contributed by atoms with Crippen LogP contribution in [0.4, 0.5) is 0 Å². The SMILES string of the molecule is COc1ccc2c(c1)nc(CN)n2Cc1ccc(C)cc1. The monoisotopic (exact) mass is 281 g/mol. The van der Waals surface area contributed by atoms with Crippen LogP contribution in [0.3, 0.4) is 0 Å². The Morgan fingerprint density at radius 3 is 2.57 bits per heavy atom. The number of aryl methyl sites for hydroxylation is 1. The van der Waals surface area contributed by atoms with E-state index in [1.54, 1.807) is 7.11 Å². The van der Waals surface area contributed by atoms with Gasteiger partial charge in [0.1, 0.15) is 11.6 Å². The summed E-state index contributed by atoms with van der Waals surface area (Å²) >= 11 is 0. The summed E-state index contributed by atoms with van der Waals surface area (Å²) in [6.45, 7) is 3.28. The van der Waals surface area contributed by atoms with E-state index in [1.165, 1.54) is 11.1 Å². The molecule has 2 aromatic carbocycles. The molecule has 0 amide bonds. The molecule has 3 aromatic rings. The van der Waals surface area contributed by atoms with Crippen molar-refractivity contribution in [1.29, 1.82) is 0 Å². The normalized spacial score (nSPS) is 11.0. The topological polar surface area (TPSA) is 53.1 Å². The maximum Gasteiger partial charge on any atom is 0.123 e. The molecule has 21 heavy (non-hydrogen) atoms. The van der Waals surface area contributed by atoms with Gasteiger partial charge in [-0.1, -0.05) is 29.8 Å². The number of benzene rings is 2. The molecule has 0 aliphatic rings. The third-order valence-corrected chi connectivity index (χ3v) is 3.68. The summed E-state index contributed by atoms with van der Waals surface area (Å²) in [6, 6.07) is 14.5. The Morgan fingerprint density at radius 1 is 1.14 bits per heavy atom. The molecule has 108 valence electrons. The summed E-state index contributed by atoms with van der Waals surface area (Å²) in [6.07, 6.45) is 0. The van der Waals surface area contributed by atoms with Crippen LogP contribution in [-0.2, 0) is 13.1 Å². The minimum atomic E-state index is 0.420. The first kappa shape index (κ1) is 13.6. The molecule has 4 heteroatoms. The molecule has 0 spiro atoms. The first-order chi connectivity index (χ1) is 10.2. The smallest absolute Gasteiger partial charge is 0.123 e. The maximum absolute atomic E-state index is 5.85. The van der Waals surface area contributed by atoms with Crippen molar-refractivity contribution in [3.05, 3.63) is 59.4 Å². The number of nitrogens with zero attached hydrogens (tertiary/aromatic N) is 2. The molecular formula is C17H19N3O. The lowest BCUT2D eigenvalue weighted by molar-refractivity contribution is 0.415. The van der Waals surface area contributed by atoms with Gasteiger partial charge in [0.2, 0.25) is 0 Å². The second kappa shape index (κ2) is 5.58. The van der Waals surface area contributed by atoms with Gasteiger partial charge in [0.25, 0.3) is 0 Å². The summed E-state index contributed by atoms with van der Waals surface area (Å²) in [5.41, 5.74) is 10.4. The van der Waals surface area contributed by atoms with Crippen LogP contribution in [0.5, 0.6) is 5.75 Å². The molecule has 1 aromatic heterocycles. The molecule has 0 unspecified atom stereocenters. The highest BCUT2D eigenvalue weighted by Gasteiger charge is 2.10. The van der Waals surface area contributed by atoms with E-state index >= 15 is 0 Å². The summed E-state index contributed by atoms with van der Waals surface area (Å²) in [5, 5.41) is 0. The first-order valence-electron chi connectivity index (χ1n) is 7.00. The van der Waals surface area contributed by atoms with Gasteiger partial charge in [-0.3, -0.25) is 0 Å². The minimum Gasteiger partial charge on any atom is -0.497 e. The number of nitrogens with two attached hydrogens (primary N) is 1. The zero-order valence-electron chi connectivity index (χ0n) is 12.3. The zero-order chi connectivity index (χ0) is 14.8. The molecule has 0 atom stereocenters. The van der Waals surface area contributed by atoms with Gasteiger partial charge in [0.15, 0.2) is 0 Å². The number of hydrogen-bond donors (Lipinski definition) is 1. The lowest BCUT2D eigenvalue weighted by Gasteiger charge is -2.09. The van der Waals surface area contributed by atoms with Gasteiger partial charge in [-0.25, -0.2) is 4.98 Å². The molecular weight excluding hydrogens is 262 g/mol. The predicted octanol–water partition coefficient (Wildman–Crippen LogP) is 2.86. The van der Waals surface area contributed by atoms with Crippen molar-refractivity contribution in [3.63, 3.8) is 0 Å². The molecule has 0 fully saturated rings. The van der Waals surface area contributed by atoms with E-state index in [0.717, 1.165) is 29.2 Å². The Labute approximate surface area is 124 Å². The van der Waals surface area contributed by atoms with Gasteiger partial charge in [-0.2, -0.15) is 0 Å². The highest BCUT2D eigenvalue weighted by Crippen LogP contribution is 2.22. The molecule has 0 saturated heterocycles. The Balaban J connectivity index is 2.05. The molecule has 0 saturated carbocycles. The average molecular weight is 281 g/mol. The van der Waals surface area contributed by atoms with Gasteiger partial charge in [-0.05, 0) is 24.6 Å². The standard InChI is InChI=1S/C17H19N3O/c1-12-3-5-13(6-4-12)11-20-16-8-7-14(21-2)9-15(16)19-17(20)10-18/h3-9H,10-11,18H2,1-2H3. The van der Waals surface area contributed by atoms with Gasteiger partial charge in [0, 0.05) is 12.6 Å². The van der Waals surface area contributed by atoms with Crippen LogP contribution in [0.2, 0.25) is 0 Å². The van der Waals surface area contributed by atoms with E-state index in [2.05, 4.69) is 40.7 Å². The molecule has 0 aliphatic heterocycles. The Bertz CT molecular complexity index is 760. The number of rotatable bonds is 4. The second-order valence-corrected chi connectivity index (χ2v) is 5.16. The number of methoxy groups -OCH3 is 1. The highest BCUT2D eigenvalue weighted by atomic mass is 16.5. The highest BCUT2D eigenvalue weighted by molar-refractivity contribution is 5.78. The van der Waals surface area contributed by atoms with Crippen LogP contribution in [-0.4, -0.2) is 16.7 Å². The Kier molecular flexibility index (Phi) is 3.62. The fourth-order valence-electron chi connectivity index (χ4n) is 2.49. The number of ether oxygens (including phenoxy) is 1. The van der Waals surface area contributed by atoms with Crippen LogP contribution < -0.4 is 10.5 Å². The van der Waals surface area contributed by atoms with Gasteiger partial charge in [0.05, 0.1) is 24.7 Å². The summed E-state index contributed by atoms with van der Waals surface area (Å²) in [5.74, 6) is 1.70. The molecule has 0 radical (unpaired) electrons. The van der Waals surface area contributed by atoms with Crippen molar-refractivity contribution in [2.45, 2.75) is 20.0 Å². The minimum absolute atomic E-state index is 0.420. The summed E-state index contributed by atoms with van der Waals surface area (Å²) < 4.78 is 7.42. The van der Waals surface area contributed by atoms with E-state index < -0.39 is 0 Å². The van der Waals surface area contributed by atoms with Crippen LogP contribution in [0, 0.1) is 6.92 Å². The average Bonchev–Trinajstić information content (AvgIpc) is 2.86. The molecule has 3 rings (SSSR count). The van der Waals surface area contributed by atoms with Crippen molar-refractivity contribution in [2.75, 3.05) is 7.11 Å². The first-order valence-corrected chi connectivity index (χ1v) is 7.00. The summed E-state index contributed by atoms with van der Waals surface area (Å²) in [7, 11) is 1.66. The van der Waals surface area contributed by atoms with Crippen molar-refractivity contribution in [3.8, 4) is 5.75 Å². The lowest BCUT2D eigenvalue weighted by atomic mass is 10.1. The molecule has 0 bridgehead atoms.